The first kappa shape index (κ1) is 15.3. The molecule has 0 radical (unpaired) electrons. The van der Waals surface area contributed by atoms with Crippen molar-refractivity contribution < 1.29 is 0 Å². The predicted molar refractivity (Wildman–Crippen MR) is 87.8 cm³/mol. The van der Waals surface area contributed by atoms with Crippen molar-refractivity contribution in [3.63, 3.8) is 0 Å². The summed E-state index contributed by atoms with van der Waals surface area (Å²) < 4.78 is 0. The van der Waals surface area contributed by atoms with E-state index in [2.05, 4.69) is 60.5 Å². The van der Waals surface area contributed by atoms with Gasteiger partial charge in [0.25, 0.3) is 0 Å². The van der Waals surface area contributed by atoms with Crippen LogP contribution in [0.15, 0.2) is 35.9 Å². The summed E-state index contributed by atoms with van der Waals surface area (Å²) >= 11 is 0. The van der Waals surface area contributed by atoms with Crippen molar-refractivity contribution in [2.75, 3.05) is 32.7 Å². The van der Waals surface area contributed by atoms with E-state index < -0.39 is 0 Å². The fourth-order valence-electron chi connectivity index (χ4n) is 2.90. The van der Waals surface area contributed by atoms with Crippen LogP contribution in [0.2, 0.25) is 0 Å². The maximum Gasteiger partial charge on any atom is 0.0165 e. The van der Waals surface area contributed by atoms with E-state index in [9.17, 15) is 0 Å². The van der Waals surface area contributed by atoms with Crippen LogP contribution < -0.4 is 5.32 Å². The van der Waals surface area contributed by atoms with Crippen LogP contribution in [0, 0.1) is 5.92 Å². The third-order valence-electron chi connectivity index (χ3n) is 3.96. The molecule has 1 aliphatic rings. The van der Waals surface area contributed by atoms with E-state index >= 15 is 0 Å². The second-order valence-electron chi connectivity index (χ2n) is 6.13. The Hall–Kier alpha value is -1.12. The van der Waals surface area contributed by atoms with E-state index in [-0.39, 0.29) is 0 Å². The van der Waals surface area contributed by atoms with E-state index in [4.69, 9.17) is 0 Å². The molecular formula is C18H28N2. The molecule has 1 fully saturated rings. The lowest BCUT2D eigenvalue weighted by atomic mass is 10.0. The largest absolute Gasteiger partial charge is 0.312 e. The number of nitrogens with zero attached hydrogens (tertiary/aromatic N) is 1. The first-order valence-corrected chi connectivity index (χ1v) is 7.89. The van der Waals surface area contributed by atoms with E-state index in [1.54, 1.807) is 0 Å². The molecule has 2 rings (SSSR count). The van der Waals surface area contributed by atoms with Gasteiger partial charge in [-0.1, -0.05) is 48.9 Å². The molecule has 1 unspecified atom stereocenters. The first-order valence-electron chi connectivity index (χ1n) is 7.89. The smallest absolute Gasteiger partial charge is 0.0165 e. The molecule has 0 aliphatic carbocycles. The number of benzene rings is 1. The highest BCUT2D eigenvalue weighted by Crippen LogP contribution is 2.14. The van der Waals surface area contributed by atoms with Gasteiger partial charge in [0.1, 0.15) is 0 Å². The monoisotopic (exact) mass is 272 g/mol. The molecule has 0 spiro atoms. The first-order chi connectivity index (χ1) is 9.74. The van der Waals surface area contributed by atoms with Crippen LogP contribution in [0.5, 0.6) is 0 Å². The molecule has 20 heavy (non-hydrogen) atoms. The summed E-state index contributed by atoms with van der Waals surface area (Å²) in [5.74, 6) is 0.878. The SMILES string of the molecule is C/C(=C\c1ccccc1)CNCCN1CCCC(C)C1. The van der Waals surface area contributed by atoms with Gasteiger partial charge in [-0.2, -0.15) is 0 Å². The third kappa shape index (κ3) is 5.48. The van der Waals surface area contributed by atoms with Crippen molar-refractivity contribution >= 4 is 6.08 Å². The number of nitrogens with one attached hydrogen (secondary N) is 1. The maximum atomic E-state index is 3.56. The number of rotatable bonds is 6. The number of likely N-dealkylation sites (tertiary alicyclic amines) is 1. The Balaban J connectivity index is 1.64. The van der Waals surface area contributed by atoms with E-state index in [0.29, 0.717) is 0 Å². The normalized spacial score (nSPS) is 21.1. The summed E-state index contributed by atoms with van der Waals surface area (Å²) in [6.07, 6.45) is 5.03. The molecule has 0 aromatic heterocycles. The molecule has 1 heterocycles. The second-order valence-corrected chi connectivity index (χ2v) is 6.13. The van der Waals surface area contributed by atoms with E-state index in [0.717, 1.165) is 19.0 Å². The van der Waals surface area contributed by atoms with Gasteiger partial charge in [-0.3, -0.25) is 0 Å². The summed E-state index contributed by atoms with van der Waals surface area (Å²) in [7, 11) is 0. The molecule has 1 aliphatic heterocycles. The van der Waals surface area contributed by atoms with E-state index in [1.807, 2.05) is 0 Å². The minimum absolute atomic E-state index is 0.878. The molecule has 1 saturated heterocycles. The standard InChI is InChI=1S/C18H28N2/c1-16-7-6-11-20(15-16)12-10-19-14-17(2)13-18-8-4-3-5-9-18/h3-5,8-9,13,16,19H,6-7,10-12,14-15H2,1-2H3/b17-13+. The van der Waals surface area contributed by atoms with Crippen molar-refractivity contribution in [3.8, 4) is 0 Å². The Labute approximate surface area is 123 Å². The van der Waals surface area contributed by atoms with Crippen molar-refractivity contribution in [2.24, 2.45) is 5.92 Å². The van der Waals surface area contributed by atoms with Crippen LogP contribution in [-0.2, 0) is 0 Å². The molecule has 0 bridgehead atoms. The molecule has 110 valence electrons. The van der Waals surface area contributed by atoms with Crippen LogP contribution in [0.3, 0.4) is 0 Å². The fraction of sp³-hybridized carbons (Fsp3) is 0.556. The van der Waals surface area contributed by atoms with E-state index in [1.165, 1.54) is 43.6 Å². The van der Waals surface area contributed by atoms with Crippen molar-refractivity contribution in [1.82, 2.24) is 10.2 Å². The Morgan fingerprint density at radius 1 is 1.35 bits per heavy atom. The highest BCUT2D eigenvalue weighted by Gasteiger charge is 2.15. The van der Waals surface area contributed by atoms with Gasteiger partial charge in [-0.05, 0) is 37.8 Å². The Morgan fingerprint density at radius 3 is 2.90 bits per heavy atom. The molecular weight excluding hydrogens is 244 g/mol. The summed E-state index contributed by atoms with van der Waals surface area (Å²) in [5.41, 5.74) is 2.68. The second kappa shape index (κ2) is 8.23. The summed E-state index contributed by atoms with van der Waals surface area (Å²) in [6.45, 7) is 10.4. The van der Waals surface area contributed by atoms with Gasteiger partial charge in [0.05, 0.1) is 0 Å². The Kier molecular flexibility index (Phi) is 6.28. The summed E-state index contributed by atoms with van der Waals surface area (Å²) in [4.78, 5) is 2.59. The Morgan fingerprint density at radius 2 is 2.15 bits per heavy atom. The summed E-state index contributed by atoms with van der Waals surface area (Å²) in [5, 5.41) is 3.56. The molecule has 2 nitrogen and oxygen atoms in total. The predicted octanol–water partition coefficient (Wildman–Crippen LogP) is 3.41. The maximum absolute atomic E-state index is 3.56. The molecule has 0 amide bonds. The fourth-order valence-corrected chi connectivity index (χ4v) is 2.90. The molecule has 2 heteroatoms. The van der Waals surface area contributed by atoms with Gasteiger partial charge in [0.15, 0.2) is 0 Å². The summed E-state index contributed by atoms with van der Waals surface area (Å²) in [6, 6.07) is 10.5. The molecule has 1 aromatic carbocycles. The quantitative estimate of drug-likeness (QED) is 0.798. The molecule has 1 aromatic rings. The number of piperidine rings is 1. The highest BCUT2D eigenvalue weighted by molar-refractivity contribution is 5.52. The number of hydrogen-bond donors (Lipinski definition) is 1. The van der Waals surface area contributed by atoms with Crippen LogP contribution in [0.1, 0.15) is 32.3 Å². The van der Waals surface area contributed by atoms with Gasteiger partial charge < -0.3 is 10.2 Å². The van der Waals surface area contributed by atoms with Gasteiger partial charge in [0, 0.05) is 26.2 Å². The van der Waals surface area contributed by atoms with Crippen molar-refractivity contribution in [2.45, 2.75) is 26.7 Å². The lowest BCUT2D eigenvalue weighted by molar-refractivity contribution is 0.185. The van der Waals surface area contributed by atoms with Gasteiger partial charge in [0.2, 0.25) is 0 Å². The minimum Gasteiger partial charge on any atom is -0.312 e. The minimum atomic E-state index is 0.878. The zero-order valence-electron chi connectivity index (χ0n) is 12.9. The molecule has 1 N–H and O–H groups in total. The van der Waals surface area contributed by atoms with Gasteiger partial charge in [-0.25, -0.2) is 0 Å². The number of hydrogen-bond acceptors (Lipinski definition) is 2. The zero-order chi connectivity index (χ0) is 14.2. The highest BCUT2D eigenvalue weighted by atomic mass is 15.1. The topological polar surface area (TPSA) is 15.3 Å². The Bertz CT molecular complexity index is 411. The van der Waals surface area contributed by atoms with Crippen molar-refractivity contribution in [1.29, 1.82) is 0 Å². The molecule has 0 saturated carbocycles. The van der Waals surface area contributed by atoms with Crippen LogP contribution >= 0.6 is 0 Å². The average molecular weight is 272 g/mol. The van der Waals surface area contributed by atoms with Gasteiger partial charge >= 0.3 is 0 Å². The lowest BCUT2D eigenvalue weighted by Crippen LogP contribution is -2.39. The van der Waals surface area contributed by atoms with Crippen LogP contribution in [0.25, 0.3) is 6.08 Å². The van der Waals surface area contributed by atoms with Crippen LogP contribution in [-0.4, -0.2) is 37.6 Å². The molecule has 1 atom stereocenters. The van der Waals surface area contributed by atoms with Crippen molar-refractivity contribution in [3.05, 3.63) is 41.5 Å². The van der Waals surface area contributed by atoms with Gasteiger partial charge in [-0.15, -0.1) is 0 Å². The average Bonchev–Trinajstić information content (AvgIpc) is 2.45. The zero-order valence-corrected chi connectivity index (χ0v) is 12.9. The third-order valence-corrected chi connectivity index (χ3v) is 3.96. The van der Waals surface area contributed by atoms with Crippen LogP contribution in [0.4, 0.5) is 0 Å². The lowest BCUT2D eigenvalue weighted by Gasteiger charge is -2.30.